The Morgan fingerprint density at radius 3 is 2.64 bits per heavy atom. The number of rotatable bonds is 7. The van der Waals surface area contributed by atoms with E-state index in [1.807, 2.05) is 17.7 Å². The van der Waals surface area contributed by atoms with Crippen molar-refractivity contribution in [3.63, 3.8) is 0 Å². The summed E-state index contributed by atoms with van der Waals surface area (Å²) >= 11 is 1.72. The van der Waals surface area contributed by atoms with E-state index in [0.717, 1.165) is 40.8 Å². The van der Waals surface area contributed by atoms with Crippen LogP contribution in [0.3, 0.4) is 0 Å². The van der Waals surface area contributed by atoms with Gasteiger partial charge in [-0.3, -0.25) is 9.69 Å². The molecule has 0 saturated heterocycles. The maximum absolute atomic E-state index is 13.1. The molecule has 3 heterocycles. The van der Waals surface area contributed by atoms with Crippen LogP contribution in [0.25, 0.3) is 10.9 Å². The second-order valence-electron chi connectivity index (χ2n) is 9.70. The van der Waals surface area contributed by atoms with Crippen molar-refractivity contribution in [1.82, 2.24) is 30.1 Å². The molecule has 4 aromatic rings. The smallest absolute Gasteiger partial charge is 0.252 e. The maximum atomic E-state index is 13.1. The predicted molar refractivity (Wildman–Crippen MR) is 133 cm³/mol. The van der Waals surface area contributed by atoms with Gasteiger partial charge in [-0.25, -0.2) is 4.68 Å². The highest BCUT2D eigenvalue weighted by Gasteiger charge is 2.30. The molecule has 1 atom stereocenters. The van der Waals surface area contributed by atoms with E-state index in [-0.39, 0.29) is 17.1 Å². The first-order valence-electron chi connectivity index (χ1n) is 11.4. The van der Waals surface area contributed by atoms with E-state index in [1.165, 1.54) is 10.4 Å². The third kappa shape index (κ3) is 4.91. The molecule has 7 nitrogen and oxygen atoms in total. The van der Waals surface area contributed by atoms with Gasteiger partial charge in [0.05, 0.1) is 17.1 Å². The highest BCUT2D eigenvalue weighted by Crippen LogP contribution is 2.30. The lowest BCUT2D eigenvalue weighted by atomic mass is 10.0. The molecule has 1 aromatic carbocycles. The van der Waals surface area contributed by atoms with Crippen LogP contribution in [0.15, 0.2) is 40.5 Å². The summed E-state index contributed by atoms with van der Waals surface area (Å²) in [7, 11) is 0. The van der Waals surface area contributed by atoms with Gasteiger partial charge in [-0.1, -0.05) is 24.6 Å². The van der Waals surface area contributed by atoms with Crippen LogP contribution in [0.2, 0.25) is 0 Å². The lowest BCUT2D eigenvalue weighted by Gasteiger charge is -2.32. The van der Waals surface area contributed by atoms with Crippen molar-refractivity contribution in [1.29, 1.82) is 0 Å². The zero-order valence-corrected chi connectivity index (χ0v) is 21.0. The number of benzene rings is 1. The molecule has 174 valence electrons. The Labute approximate surface area is 198 Å². The van der Waals surface area contributed by atoms with Gasteiger partial charge in [0.1, 0.15) is 0 Å². The number of tetrazole rings is 1. The van der Waals surface area contributed by atoms with Crippen LogP contribution in [0.5, 0.6) is 0 Å². The topological polar surface area (TPSA) is 79.7 Å². The Bertz CT molecular complexity index is 1300. The molecule has 0 aliphatic carbocycles. The molecule has 0 fully saturated rings. The molecular weight excluding hydrogens is 432 g/mol. The van der Waals surface area contributed by atoms with Gasteiger partial charge in [0.2, 0.25) is 0 Å². The first kappa shape index (κ1) is 23.3. The van der Waals surface area contributed by atoms with E-state index >= 15 is 0 Å². The maximum Gasteiger partial charge on any atom is 0.252 e. The number of H-pyrrole nitrogens is 1. The minimum absolute atomic E-state index is 0.0318. The molecule has 0 spiro atoms. The van der Waals surface area contributed by atoms with Crippen molar-refractivity contribution in [3.8, 4) is 0 Å². The fraction of sp³-hybridized carbons (Fsp3) is 0.440. The monoisotopic (exact) mass is 464 g/mol. The van der Waals surface area contributed by atoms with Gasteiger partial charge in [0, 0.05) is 23.5 Å². The minimum Gasteiger partial charge on any atom is -0.321 e. The molecule has 4 rings (SSSR count). The molecule has 8 heteroatoms. The van der Waals surface area contributed by atoms with Crippen LogP contribution >= 0.6 is 11.3 Å². The Hall–Kier alpha value is -2.84. The summed E-state index contributed by atoms with van der Waals surface area (Å²) in [5.41, 5.74) is 3.64. The van der Waals surface area contributed by atoms with Crippen molar-refractivity contribution in [2.75, 3.05) is 0 Å². The normalized spacial score (nSPS) is 13.2. The number of hydrogen-bond donors (Lipinski definition) is 1. The molecule has 0 amide bonds. The first-order chi connectivity index (χ1) is 15.7. The van der Waals surface area contributed by atoms with Crippen LogP contribution in [0.4, 0.5) is 0 Å². The Balaban J connectivity index is 1.78. The van der Waals surface area contributed by atoms with Crippen LogP contribution < -0.4 is 5.56 Å². The summed E-state index contributed by atoms with van der Waals surface area (Å²) in [6.07, 6.45) is 0.825. The third-order valence-corrected chi connectivity index (χ3v) is 6.80. The molecule has 0 radical (unpaired) electrons. The highest BCUT2D eigenvalue weighted by molar-refractivity contribution is 7.09. The van der Waals surface area contributed by atoms with Crippen molar-refractivity contribution in [2.45, 2.75) is 72.6 Å². The van der Waals surface area contributed by atoms with E-state index in [4.69, 9.17) is 0 Å². The molecule has 0 saturated carbocycles. The molecule has 0 aliphatic rings. The average Bonchev–Trinajstić information content (AvgIpc) is 3.42. The lowest BCUT2D eigenvalue weighted by molar-refractivity contribution is 0.155. The summed E-state index contributed by atoms with van der Waals surface area (Å²) in [5.74, 6) is 0.825. The largest absolute Gasteiger partial charge is 0.321 e. The third-order valence-electron chi connectivity index (χ3n) is 5.94. The second kappa shape index (κ2) is 9.19. The summed E-state index contributed by atoms with van der Waals surface area (Å²) in [6.45, 7) is 13.8. The number of hydrogen-bond acceptors (Lipinski definition) is 6. The SMILES string of the molecule is CCC(c1nnnn1C(C)(C)C)N(Cc1cccs1)Cc1cc2cc(C)cc(C)c2[nH]c1=O. The van der Waals surface area contributed by atoms with Gasteiger partial charge in [-0.15, -0.1) is 16.4 Å². The summed E-state index contributed by atoms with van der Waals surface area (Å²) in [5, 5.41) is 15.8. The zero-order valence-electron chi connectivity index (χ0n) is 20.2. The summed E-state index contributed by atoms with van der Waals surface area (Å²) in [6, 6.07) is 10.4. The number of fused-ring (bicyclic) bond motifs is 1. The van der Waals surface area contributed by atoms with Crippen LogP contribution in [0, 0.1) is 13.8 Å². The number of aryl methyl sites for hydroxylation is 2. The van der Waals surface area contributed by atoms with Gasteiger partial charge in [-0.05, 0) is 86.0 Å². The number of thiophene rings is 1. The average molecular weight is 465 g/mol. The van der Waals surface area contributed by atoms with E-state index < -0.39 is 0 Å². The first-order valence-corrected chi connectivity index (χ1v) is 12.2. The Morgan fingerprint density at radius 2 is 1.97 bits per heavy atom. The number of nitrogens with one attached hydrogen (secondary N) is 1. The Kier molecular flexibility index (Phi) is 6.50. The van der Waals surface area contributed by atoms with Gasteiger partial charge < -0.3 is 4.98 Å². The van der Waals surface area contributed by atoms with Gasteiger partial charge in [0.25, 0.3) is 5.56 Å². The van der Waals surface area contributed by atoms with E-state index in [1.54, 1.807) is 11.3 Å². The van der Waals surface area contributed by atoms with E-state index in [2.05, 4.69) is 89.7 Å². The van der Waals surface area contributed by atoms with Crippen molar-refractivity contribution in [3.05, 3.63) is 73.5 Å². The number of aromatic nitrogens is 5. The molecule has 33 heavy (non-hydrogen) atoms. The molecule has 1 N–H and O–H groups in total. The standard InChI is InChI=1S/C25H32N6OS/c1-7-21(23-27-28-29-31(23)25(4,5)6)30(15-20-9-8-10-33-20)14-19-13-18-12-16(2)11-17(3)22(18)26-24(19)32/h8-13,21H,7,14-15H2,1-6H3,(H,26,32). The lowest BCUT2D eigenvalue weighted by Crippen LogP contribution is -2.35. The molecule has 0 aliphatic heterocycles. The number of nitrogens with zero attached hydrogens (tertiary/aromatic N) is 5. The minimum atomic E-state index is -0.240. The van der Waals surface area contributed by atoms with Crippen LogP contribution in [-0.4, -0.2) is 30.1 Å². The van der Waals surface area contributed by atoms with Crippen LogP contribution in [-0.2, 0) is 18.6 Å². The molecule has 1 unspecified atom stereocenters. The zero-order chi connectivity index (χ0) is 23.8. The fourth-order valence-electron chi connectivity index (χ4n) is 4.43. The molecular formula is C25H32N6OS. The van der Waals surface area contributed by atoms with Crippen molar-refractivity contribution >= 4 is 22.2 Å². The summed E-state index contributed by atoms with van der Waals surface area (Å²) < 4.78 is 1.90. The number of aromatic amines is 1. The molecule has 3 aromatic heterocycles. The number of pyridine rings is 1. The highest BCUT2D eigenvalue weighted by atomic mass is 32.1. The van der Waals surface area contributed by atoms with Crippen LogP contribution in [0.1, 0.15) is 67.5 Å². The quantitative estimate of drug-likeness (QED) is 0.411. The van der Waals surface area contributed by atoms with Crippen molar-refractivity contribution < 1.29 is 0 Å². The van der Waals surface area contributed by atoms with E-state index in [0.29, 0.717) is 6.54 Å². The van der Waals surface area contributed by atoms with Gasteiger partial charge in [-0.2, -0.15) is 0 Å². The molecule has 0 bridgehead atoms. The van der Waals surface area contributed by atoms with Crippen molar-refractivity contribution in [2.24, 2.45) is 0 Å². The Morgan fingerprint density at radius 1 is 1.18 bits per heavy atom. The second-order valence-corrected chi connectivity index (χ2v) is 10.7. The summed E-state index contributed by atoms with van der Waals surface area (Å²) in [4.78, 5) is 19.8. The van der Waals surface area contributed by atoms with Gasteiger partial charge >= 0.3 is 0 Å². The van der Waals surface area contributed by atoms with Gasteiger partial charge in [0.15, 0.2) is 5.82 Å². The predicted octanol–water partition coefficient (Wildman–Crippen LogP) is 5.10. The fourth-order valence-corrected chi connectivity index (χ4v) is 5.16. The van der Waals surface area contributed by atoms with E-state index in [9.17, 15) is 4.79 Å².